The summed E-state index contributed by atoms with van der Waals surface area (Å²) in [5.41, 5.74) is 3.37. The summed E-state index contributed by atoms with van der Waals surface area (Å²) in [4.78, 5) is 12.2. The van der Waals surface area contributed by atoms with Gasteiger partial charge in [-0.3, -0.25) is 4.90 Å². The number of halogens is 2. The van der Waals surface area contributed by atoms with Crippen LogP contribution < -0.4 is 5.32 Å². The van der Waals surface area contributed by atoms with Gasteiger partial charge in [-0.25, -0.2) is 9.97 Å². The van der Waals surface area contributed by atoms with Crippen LogP contribution in [0, 0.1) is 3.57 Å². The van der Waals surface area contributed by atoms with Crippen LogP contribution in [0.5, 0.6) is 0 Å². The lowest BCUT2D eigenvalue weighted by Gasteiger charge is -2.41. The SMILES string of the molecule is CC(C)(C)N1CCC[C@H](Nc2ncc(I)c(-c3cn(COCC[Si](C)(C)C)c4c(Br)cccc34)n2)C1. The molecule has 36 heavy (non-hydrogen) atoms. The highest BCUT2D eigenvalue weighted by molar-refractivity contribution is 14.1. The molecule has 3 heterocycles. The van der Waals surface area contributed by atoms with Crippen molar-refractivity contribution in [1.82, 2.24) is 19.4 Å². The van der Waals surface area contributed by atoms with E-state index in [0.717, 1.165) is 62.4 Å². The number of piperidine rings is 1. The highest BCUT2D eigenvalue weighted by Gasteiger charge is 2.28. The van der Waals surface area contributed by atoms with Gasteiger partial charge in [-0.15, -0.1) is 0 Å². The average molecular weight is 685 g/mol. The second kappa shape index (κ2) is 11.4. The van der Waals surface area contributed by atoms with Crippen LogP contribution in [-0.4, -0.2) is 58.8 Å². The van der Waals surface area contributed by atoms with Crippen LogP contribution >= 0.6 is 38.5 Å². The molecule has 2 aromatic heterocycles. The number of fused-ring (bicyclic) bond motifs is 1. The van der Waals surface area contributed by atoms with Gasteiger partial charge in [-0.1, -0.05) is 31.8 Å². The lowest BCUT2D eigenvalue weighted by atomic mass is 9.98. The number of likely N-dealkylation sites (tertiary alicyclic amines) is 1. The average Bonchev–Trinajstić information content (AvgIpc) is 3.17. The monoisotopic (exact) mass is 683 g/mol. The van der Waals surface area contributed by atoms with Gasteiger partial charge in [-0.2, -0.15) is 0 Å². The molecule has 1 aliphatic rings. The molecule has 0 bridgehead atoms. The molecule has 1 saturated heterocycles. The highest BCUT2D eigenvalue weighted by Crippen LogP contribution is 2.36. The third kappa shape index (κ3) is 6.89. The Morgan fingerprint density at radius 2 is 2.03 bits per heavy atom. The van der Waals surface area contributed by atoms with E-state index in [4.69, 9.17) is 9.72 Å². The molecule has 0 unspecified atom stereocenters. The molecule has 3 aromatic rings. The van der Waals surface area contributed by atoms with Gasteiger partial charge in [0, 0.05) is 60.6 Å². The summed E-state index contributed by atoms with van der Waals surface area (Å²) < 4.78 is 10.4. The van der Waals surface area contributed by atoms with E-state index >= 15 is 0 Å². The molecule has 1 atom stereocenters. The normalized spacial score (nSPS) is 17.6. The molecule has 1 fully saturated rings. The molecule has 0 aliphatic carbocycles. The van der Waals surface area contributed by atoms with Crippen LogP contribution in [0.1, 0.15) is 33.6 Å². The molecule has 1 N–H and O–H groups in total. The molecule has 1 aliphatic heterocycles. The number of nitrogens with one attached hydrogen (secondary N) is 1. The van der Waals surface area contributed by atoms with E-state index in [1.165, 1.54) is 6.42 Å². The molecule has 9 heteroatoms. The van der Waals surface area contributed by atoms with E-state index in [2.05, 4.69) is 123 Å². The van der Waals surface area contributed by atoms with E-state index in [9.17, 15) is 0 Å². The predicted molar refractivity (Wildman–Crippen MR) is 165 cm³/mol. The standard InChI is InChI=1S/C27H39BrIN5OSi/c1-27(2,3)34-12-8-9-19(16-34)31-26-30-15-23(29)24(32-26)21-17-33(18-35-13-14-36(4,5)6)25-20(21)10-7-11-22(25)28/h7,10-11,15,17,19H,8-9,12-14,16,18H2,1-6H3,(H,30,31,32)/t19-/m0/s1. The van der Waals surface area contributed by atoms with Crippen molar-refractivity contribution < 1.29 is 4.74 Å². The largest absolute Gasteiger partial charge is 0.361 e. The quantitative estimate of drug-likeness (QED) is 0.152. The number of nitrogens with zero attached hydrogens (tertiary/aromatic N) is 4. The van der Waals surface area contributed by atoms with E-state index in [1.807, 2.05) is 6.20 Å². The van der Waals surface area contributed by atoms with Gasteiger partial charge < -0.3 is 14.6 Å². The number of hydrogen-bond donors (Lipinski definition) is 1. The Morgan fingerprint density at radius 3 is 2.75 bits per heavy atom. The summed E-state index contributed by atoms with van der Waals surface area (Å²) in [6.45, 7) is 17.5. The smallest absolute Gasteiger partial charge is 0.223 e. The Hall–Kier alpha value is -1.01. The van der Waals surface area contributed by atoms with Crippen molar-refractivity contribution in [1.29, 1.82) is 0 Å². The first-order chi connectivity index (χ1) is 16.9. The number of aromatic nitrogens is 3. The van der Waals surface area contributed by atoms with Crippen molar-refractivity contribution in [3.05, 3.63) is 38.6 Å². The van der Waals surface area contributed by atoms with Crippen LogP contribution in [0.2, 0.25) is 25.7 Å². The minimum Gasteiger partial charge on any atom is -0.361 e. The predicted octanol–water partition coefficient (Wildman–Crippen LogP) is 7.45. The first-order valence-corrected chi connectivity index (χ1v) is 18.4. The van der Waals surface area contributed by atoms with Crippen LogP contribution in [0.25, 0.3) is 22.2 Å². The van der Waals surface area contributed by atoms with Crippen LogP contribution in [0.4, 0.5) is 5.95 Å². The minimum absolute atomic E-state index is 0.171. The molecule has 0 spiro atoms. The molecule has 6 nitrogen and oxygen atoms in total. The maximum Gasteiger partial charge on any atom is 0.223 e. The van der Waals surface area contributed by atoms with E-state index in [0.29, 0.717) is 18.7 Å². The van der Waals surface area contributed by atoms with Crippen LogP contribution in [-0.2, 0) is 11.5 Å². The number of para-hydroxylation sites is 1. The molecule has 196 valence electrons. The van der Waals surface area contributed by atoms with Crippen molar-refractivity contribution in [3.8, 4) is 11.3 Å². The van der Waals surface area contributed by atoms with Gasteiger partial charge in [0.25, 0.3) is 0 Å². The van der Waals surface area contributed by atoms with Gasteiger partial charge in [-0.05, 0) is 90.8 Å². The summed E-state index contributed by atoms with van der Waals surface area (Å²) in [7, 11) is -1.13. The van der Waals surface area contributed by atoms with Crippen molar-refractivity contribution in [2.75, 3.05) is 25.0 Å². The number of hydrogen-bond acceptors (Lipinski definition) is 5. The zero-order chi connectivity index (χ0) is 26.1. The maximum absolute atomic E-state index is 6.13. The molecular weight excluding hydrogens is 645 g/mol. The second-order valence-electron chi connectivity index (χ2n) is 12.0. The summed E-state index contributed by atoms with van der Waals surface area (Å²) in [5, 5.41) is 4.80. The summed E-state index contributed by atoms with van der Waals surface area (Å²) >= 11 is 6.12. The number of anilines is 1. The van der Waals surface area contributed by atoms with E-state index in [-0.39, 0.29) is 5.54 Å². The Morgan fingerprint density at radius 1 is 1.25 bits per heavy atom. The van der Waals surface area contributed by atoms with Crippen molar-refractivity contribution in [3.63, 3.8) is 0 Å². The fraction of sp³-hybridized carbons (Fsp3) is 0.556. The fourth-order valence-corrected chi connectivity index (χ4v) is 6.56. The zero-order valence-corrected chi connectivity index (χ0v) is 27.1. The molecular formula is C27H39BrIN5OSi. The Kier molecular flexibility index (Phi) is 8.86. The van der Waals surface area contributed by atoms with Gasteiger partial charge in [0.1, 0.15) is 6.73 Å². The molecule has 1 aromatic carbocycles. The lowest BCUT2D eigenvalue weighted by Crippen LogP contribution is -2.50. The first-order valence-electron chi connectivity index (χ1n) is 12.8. The summed E-state index contributed by atoms with van der Waals surface area (Å²) in [6, 6.07) is 7.85. The van der Waals surface area contributed by atoms with Gasteiger partial charge in [0.15, 0.2) is 0 Å². The first kappa shape index (κ1) is 28.0. The third-order valence-corrected chi connectivity index (χ3v) is 9.91. The van der Waals surface area contributed by atoms with Gasteiger partial charge in [0.05, 0.1) is 14.8 Å². The van der Waals surface area contributed by atoms with Crippen molar-refractivity contribution in [2.24, 2.45) is 0 Å². The van der Waals surface area contributed by atoms with Crippen LogP contribution in [0.15, 0.2) is 35.1 Å². The Balaban J connectivity index is 1.60. The molecule has 0 amide bonds. The fourth-order valence-electron chi connectivity index (χ4n) is 4.66. The summed E-state index contributed by atoms with van der Waals surface area (Å²) in [5.74, 6) is 0.702. The van der Waals surface area contributed by atoms with Crippen molar-refractivity contribution in [2.45, 2.75) is 77.6 Å². The van der Waals surface area contributed by atoms with Gasteiger partial charge >= 0.3 is 0 Å². The maximum atomic E-state index is 6.13. The zero-order valence-electron chi connectivity index (χ0n) is 22.4. The van der Waals surface area contributed by atoms with Gasteiger partial charge in [0.2, 0.25) is 5.95 Å². The number of ether oxygens (including phenoxy) is 1. The second-order valence-corrected chi connectivity index (χ2v) is 19.6. The summed E-state index contributed by atoms with van der Waals surface area (Å²) in [6.07, 6.45) is 6.44. The van der Waals surface area contributed by atoms with Crippen molar-refractivity contribution >= 4 is 63.4 Å². The van der Waals surface area contributed by atoms with E-state index < -0.39 is 8.07 Å². The Bertz CT molecular complexity index is 1200. The van der Waals surface area contributed by atoms with Crippen LogP contribution in [0.3, 0.4) is 0 Å². The lowest BCUT2D eigenvalue weighted by molar-refractivity contribution is 0.0902. The third-order valence-electron chi connectivity index (χ3n) is 6.78. The minimum atomic E-state index is -1.13. The molecule has 0 radical (unpaired) electrons. The van der Waals surface area contributed by atoms with E-state index in [1.54, 1.807) is 0 Å². The number of rotatable bonds is 8. The highest BCUT2D eigenvalue weighted by atomic mass is 127. The number of benzene rings is 1. The topological polar surface area (TPSA) is 55.2 Å². The molecule has 0 saturated carbocycles. The Labute approximate surface area is 238 Å². The molecule has 4 rings (SSSR count).